The molecule has 0 saturated heterocycles. The maximum atomic E-state index is 10.5. The van der Waals surface area contributed by atoms with Gasteiger partial charge < -0.3 is 5.11 Å². The number of hydrogen-bond acceptors (Lipinski definition) is 2. The molecule has 0 fully saturated rings. The topological polar surface area (TPSA) is 40.3 Å². The van der Waals surface area contributed by atoms with Crippen molar-refractivity contribution in [3.63, 3.8) is 0 Å². The molecule has 0 aliphatic carbocycles. The quantitative estimate of drug-likeness (QED) is 0.430. The lowest BCUT2D eigenvalue weighted by Gasteiger charge is -2.00. The molecular formula is C6H8NO2+. The van der Waals surface area contributed by atoms with Crippen molar-refractivity contribution in [3.05, 3.63) is 12.3 Å². The normalized spacial score (nSPS) is 26.2. The van der Waals surface area contributed by atoms with Gasteiger partial charge in [-0.25, -0.2) is 4.58 Å². The molecule has 0 aromatic carbocycles. The molecule has 3 nitrogen and oxygen atoms in total. The highest BCUT2D eigenvalue weighted by molar-refractivity contribution is 6.04. The maximum Gasteiger partial charge on any atom is 0.200 e. The lowest BCUT2D eigenvalue weighted by Crippen LogP contribution is -2.27. The predicted octanol–water partition coefficient (Wildman–Crippen LogP) is -0.843. The van der Waals surface area contributed by atoms with Crippen LogP contribution in [0.3, 0.4) is 0 Å². The average molecular weight is 126 g/mol. The highest BCUT2D eigenvalue weighted by Crippen LogP contribution is 1.90. The van der Waals surface area contributed by atoms with Crippen molar-refractivity contribution in [1.82, 2.24) is 0 Å². The van der Waals surface area contributed by atoms with Gasteiger partial charge in [-0.3, -0.25) is 4.79 Å². The van der Waals surface area contributed by atoms with Crippen molar-refractivity contribution in [2.75, 3.05) is 7.05 Å². The first-order chi connectivity index (χ1) is 4.20. The van der Waals surface area contributed by atoms with E-state index in [0.29, 0.717) is 0 Å². The zero-order valence-corrected chi connectivity index (χ0v) is 5.11. The summed E-state index contributed by atoms with van der Waals surface area (Å²) < 4.78 is 1.64. The Hall–Kier alpha value is -0.960. The third-order valence-corrected chi connectivity index (χ3v) is 1.14. The summed E-state index contributed by atoms with van der Waals surface area (Å²) in [6.07, 6.45) is 3.46. The van der Waals surface area contributed by atoms with Gasteiger partial charge in [-0.15, -0.1) is 0 Å². The molecule has 1 rings (SSSR count). The highest BCUT2D eigenvalue weighted by atomic mass is 16.3. The minimum atomic E-state index is -0.944. The second-order valence-electron chi connectivity index (χ2n) is 1.98. The van der Waals surface area contributed by atoms with E-state index in [1.807, 2.05) is 0 Å². The molecule has 3 heteroatoms. The van der Waals surface area contributed by atoms with E-state index in [1.165, 1.54) is 12.3 Å². The van der Waals surface area contributed by atoms with Crippen molar-refractivity contribution in [2.45, 2.75) is 6.10 Å². The van der Waals surface area contributed by atoms with E-state index < -0.39 is 6.10 Å². The molecule has 0 radical (unpaired) electrons. The van der Waals surface area contributed by atoms with Crippen LogP contribution < -0.4 is 0 Å². The van der Waals surface area contributed by atoms with Crippen LogP contribution in [0.4, 0.5) is 0 Å². The van der Waals surface area contributed by atoms with Crippen LogP contribution in [0.1, 0.15) is 0 Å². The SMILES string of the molecule is C[N+]1=CC(O)C(=O)C=C1. The summed E-state index contributed by atoms with van der Waals surface area (Å²) in [5.41, 5.74) is 0. The van der Waals surface area contributed by atoms with E-state index in [-0.39, 0.29) is 5.78 Å². The highest BCUT2D eigenvalue weighted by Gasteiger charge is 2.17. The summed E-state index contributed by atoms with van der Waals surface area (Å²) in [4.78, 5) is 10.5. The van der Waals surface area contributed by atoms with Crippen LogP contribution in [0.5, 0.6) is 0 Å². The van der Waals surface area contributed by atoms with Gasteiger partial charge in [0, 0.05) is 6.08 Å². The zero-order chi connectivity index (χ0) is 6.85. The van der Waals surface area contributed by atoms with E-state index >= 15 is 0 Å². The summed E-state index contributed by atoms with van der Waals surface area (Å²) in [5.74, 6) is -0.256. The summed E-state index contributed by atoms with van der Waals surface area (Å²) in [7, 11) is 1.76. The largest absolute Gasteiger partial charge is 0.375 e. The van der Waals surface area contributed by atoms with Gasteiger partial charge >= 0.3 is 0 Å². The number of hydrogen-bond donors (Lipinski definition) is 1. The van der Waals surface area contributed by atoms with Crippen molar-refractivity contribution in [2.24, 2.45) is 0 Å². The minimum absolute atomic E-state index is 0.256. The summed E-state index contributed by atoms with van der Waals surface area (Å²) in [6.45, 7) is 0. The van der Waals surface area contributed by atoms with Gasteiger partial charge in [0.2, 0.25) is 0 Å². The lowest BCUT2D eigenvalue weighted by atomic mass is 10.2. The Balaban J connectivity index is 2.82. The molecule has 0 amide bonds. The van der Waals surface area contributed by atoms with E-state index in [4.69, 9.17) is 5.11 Å². The molecule has 9 heavy (non-hydrogen) atoms. The van der Waals surface area contributed by atoms with Gasteiger partial charge in [0.25, 0.3) is 0 Å². The van der Waals surface area contributed by atoms with Crippen LogP contribution in [-0.4, -0.2) is 34.8 Å². The average Bonchev–Trinajstić information content (AvgIpc) is 1.80. The maximum absolute atomic E-state index is 10.5. The van der Waals surface area contributed by atoms with E-state index in [2.05, 4.69) is 0 Å². The van der Waals surface area contributed by atoms with Crippen LogP contribution in [0, 0.1) is 0 Å². The first-order valence-corrected chi connectivity index (χ1v) is 2.67. The third kappa shape index (κ3) is 1.23. The Morgan fingerprint density at radius 2 is 2.44 bits per heavy atom. The first kappa shape index (κ1) is 6.16. The fourth-order valence-corrected chi connectivity index (χ4v) is 0.635. The molecule has 48 valence electrons. The molecule has 0 spiro atoms. The third-order valence-electron chi connectivity index (χ3n) is 1.14. The molecule has 1 aliphatic heterocycles. The first-order valence-electron chi connectivity index (χ1n) is 2.67. The van der Waals surface area contributed by atoms with Crippen LogP contribution in [0.2, 0.25) is 0 Å². The molecule has 0 aromatic rings. The zero-order valence-electron chi connectivity index (χ0n) is 5.11. The van der Waals surface area contributed by atoms with Crippen molar-refractivity contribution >= 4 is 12.0 Å². The molecule has 1 N–H and O–H groups in total. The molecule has 1 unspecified atom stereocenters. The Labute approximate surface area is 52.9 Å². The Morgan fingerprint density at radius 1 is 1.78 bits per heavy atom. The van der Waals surface area contributed by atoms with E-state index in [0.717, 1.165) is 0 Å². The fraction of sp³-hybridized carbons (Fsp3) is 0.333. The Morgan fingerprint density at radius 3 is 2.89 bits per heavy atom. The van der Waals surface area contributed by atoms with Crippen molar-refractivity contribution in [1.29, 1.82) is 0 Å². The van der Waals surface area contributed by atoms with Crippen LogP contribution in [0.15, 0.2) is 12.3 Å². The molecule has 1 atom stereocenters. The molecule has 1 aliphatic rings. The number of carbonyl (C=O) groups is 1. The number of ketones is 1. The number of nitrogens with zero attached hydrogens (tertiary/aromatic N) is 1. The Bertz CT molecular complexity index is 193. The van der Waals surface area contributed by atoms with Crippen LogP contribution >= 0.6 is 0 Å². The van der Waals surface area contributed by atoms with Crippen LogP contribution in [0.25, 0.3) is 0 Å². The van der Waals surface area contributed by atoms with Gasteiger partial charge in [0.05, 0.1) is 0 Å². The monoisotopic (exact) mass is 126 g/mol. The number of aliphatic hydroxyl groups is 1. The van der Waals surface area contributed by atoms with Gasteiger partial charge in [-0.2, -0.15) is 0 Å². The van der Waals surface area contributed by atoms with Gasteiger partial charge in [-0.05, 0) is 0 Å². The second kappa shape index (κ2) is 2.11. The standard InChI is InChI=1S/C6H8NO2/c1-7-3-2-5(8)6(9)4-7/h2-4,6,9H,1H3/q+1. The predicted molar refractivity (Wildman–Crippen MR) is 32.4 cm³/mol. The molecule has 1 heterocycles. The van der Waals surface area contributed by atoms with Gasteiger partial charge in [-0.1, -0.05) is 0 Å². The smallest absolute Gasteiger partial charge is 0.200 e. The summed E-state index contributed by atoms with van der Waals surface area (Å²) >= 11 is 0. The number of aliphatic hydroxyl groups excluding tert-OH is 1. The number of rotatable bonds is 0. The van der Waals surface area contributed by atoms with Gasteiger partial charge in [0.15, 0.2) is 24.3 Å². The van der Waals surface area contributed by atoms with E-state index in [1.54, 1.807) is 17.8 Å². The molecule has 0 saturated carbocycles. The number of carbonyl (C=O) groups excluding carboxylic acids is 1. The second-order valence-corrected chi connectivity index (χ2v) is 1.98. The van der Waals surface area contributed by atoms with Gasteiger partial charge in [0.1, 0.15) is 7.05 Å². The Kier molecular flexibility index (Phi) is 1.44. The van der Waals surface area contributed by atoms with Crippen LogP contribution in [-0.2, 0) is 4.79 Å². The van der Waals surface area contributed by atoms with Crippen molar-refractivity contribution < 1.29 is 14.5 Å². The molecule has 0 aromatic heterocycles. The lowest BCUT2D eigenvalue weighted by molar-refractivity contribution is -0.420. The minimum Gasteiger partial charge on any atom is -0.375 e. The fourth-order valence-electron chi connectivity index (χ4n) is 0.635. The van der Waals surface area contributed by atoms with Crippen molar-refractivity contribution in [3.8, 4) is 0 Å². The summed E-state index contributed by atoms with van der Waals surface area (Å²) in [6, 6.07) is 0. The molecular weight excluding hydrogens is 118 g/mol. The van der Waals surface area contributed by atoms with E-state index in [9.17, 15) is 4.79 Å². The molecule has 0 bridgehead atoms. The summed E-state index contributed by atoms with van der Waals surface area (Å²) in [5, 5.41) is 8.85.